The Morgan fingerprint density at radius 3 is 2.61 bits per heavy atom. The van der Waals surface area contributed by atoms with Gasteiger partial charge in [0.15, 0.2) is 10.1 Å². The third kappa shape index (κ3) is 2.78. The summed E-state index contributed by atoms with van der Waals surface area (Å²) in [6, 6.07) is 0. The molecular formula is C11H17N5S2. The first-order chi connectivity index (χ1) is 8.61. The molecule has 0 aliphatic carbocycles. The van der Waals surface area contributed by atoms with E-state index in [2.05, 4.69) is 27.4 Å². The zero-order valence-electron chi connectivity index (χ0n) is 11.0. The molecule has 18 heavy (non-hydrogen) atoms. The van der Waals surface area contributed by atoms with Crippen LogP contribution in [0.5, 0.6) is 0 Å². The monoisotopic (exact) mass is 283 g/mol. The second-order valence-electron chi connectivity index (χ2n) is 4.14. The van der Waals surface area contributed by atoms with Crippen LogP contribution >= 0.6 is 22.7 Å². The van der Waals surface area contributed by atoms with E-state index in [4.69, 9.17) is 0 Å². The summed E-state index contributed by atoms with van der Waals surface area (Å²) in [7, 11) is 3.99. The van der Waals surface area contributed by atoms with Gasteiger partial charge in [0.25, 0.3) is 0 Å². The molecule has 1 N–H and O–H groups in total. The molecule has 0 fully saturated rings. The highest BCUT2D eigenvalue weighted by molar-refractivity contribution is 7.25. The standard InChI is InChI=1S/C11H17N5S2/c1-5-6-12-10-15-14-9(18-10)8-7(2)13-11(17-8)16(3)4/h5-6H2,1-4H3,(H,12,15). The smallest absolute Gasteiger partial charge is 0.206 e. The number of aromatic nitrogens is 3. The second-order valence-corrected chi connectivity index (χ2v) is 6.10. The maximum atomic E-state index is 4.52. The van der Waals surface area contributed by atoms with Gasteiger partial charge >= 0.3 is 0 Å². The lowest BCUT2D eigenvalue weighted by molar-refractivity contribution is 0.964. The van der Waals surface area contributed by atoms with Gasteiger partial charge in [-0.05, 0) is 13.3 Å². The van der Waals surface area contributed by atoms with Crippen molar-refractivity contribution in [1.82, 2.24) is 15.2 Å². The van der Waals surface area contributed by atoms with E-state index in [9.17, 15) is 0 Å². The highest BCUT2D eigenvalue weighted by Crippen LogP contribution is 2.36. The molecule has 2 aromatic rings. The molecule has 0 atom stereocenters. The van der Waals surface area contributed by atoms with Gasteiger partial charge in [-0.1, -0.05) is 29.6 Å². The van der Waals surface area contributed by atoms with Crippen LogP contribution in [0.15, 0.2) is 0 Å². The molecule has 2 rings (SSSR count). The number of hydrogen-bond donors (Lipinski definition) is 1. The van der Waals surface area contributed by atoms with Crippen LogP contribution in [0.2, 0.25) is 0 Å². The molecule has 98 valence electrons. The van der Waals surface area contributed by atoms with Gasteiger partial charge < -0.3 is 10.2 Å². The maximum Gasteiger partial charge on any atom is 0.206 e. The predicted molar refractivity (Wildman–Crippen MR) is 78.9 cm³/mol. The summed E-state index contributed by atoms with van der Waals surface area (Å²) in [5.41, 5.74) is 1.02. The van der Waals surface area contributed by atoms with E-state index in [1.165, 1.54) is 0 Å². The van der Waals surface area contributed by atoms with Crippen molar-refractivity contribution >= 4 is 32.9 Å². The van der Waals surface area contributed by atoms with E-state index in [1.54, 1.807) is 22.7 Å². The first-order valence-corrected chi connectivity index (χ1v) is 7.47. The zero-order valence-corrected chi connectivity index (χ0v) is 12.7. The fourth-order valence-electron chi connectivity index (χ4n) is 1.39. The summed E-state index contributed by atoms with van der Waals surface area (Å²) < 4.78 is 0. The fraction of sp³-hybridized carbons (Fsp3) is 0.545. The molecule has 2 heterocycles. The molecule has 0 saturated carbocycles. The maximum absolute atomic E-state index is 4.52. The number of anilines is 2. The van der Waals surface area contributed by atoms with Crippen LogP contribution in [0.1, 0.15) is 19.0 Å². The molecule has 2 aromatic heterocycles. The first kappa shape index (κ1) is 13.2. The summed E-state index contributed by atoms with van der Waals surface area (Å²) in [5, 5.41) is 14.5. The molecule has 0 aliphatic heterocycles. The Balaban J connectivity index is 2.22. The molecule has 0 aliphatic rings. The summed E-state index contributed by atoms with van der Waals surface area (Å²) in [4.78, 5) is 7.65. The van der Waals surface area contributed by atoms with Crippen molar-refractivity contribution in [3.8, 4) is 9.88 Å². The average Bonchev–Trinajstić information content (AvgIpc) is 2.92. The van der Waals surface area contributed by atoms with Gasteiger partial charge in [-0.2, -0.15) is 0 Å². The van der Waals surface area contributed by atoms with E-state index in [0.29, 0.717) is 0 Å². The quantitative estimate of drug-likeness (QED) is 0.914. The lowest BCUT2D eigenvalue weighted by atomic mass is 10.4. The Morgan fingerprint density at radius 1 is 1.22 bits per heavy atom. The highest BCUT2D eigenvalue weighted by Gasteiger charge is 2.15. The first-order valence-electron chi connectivity index (χ1n) is 5.84. The minimum Gasteiger partial charge on any atom is -0.360 e. The van der Waals surface area contributed by atoms with Gasteiger partial charge in [0, 0.05) is 20.6 Å². The molecule has 0 amide bonds. The van der Waals surface area contributed by atoms with Crippen LogP contribution in [0, 0.1) is 6.92 Å². The third-order valence-electron chi connectivity index (χ3n) is 2.31. The summed E-state index contributed by atoms with van der Waals surface area (Å²) in [6.07, 6.45) is 1.08. The van der Waals surface area contributed by atoms with Crippen molar-refractivity contribution in [1.29, 1.82) is 0 Å². The van der Waals surface area contributed by atoms with Crippen molar-refractivity contribution < 1.29 is 0 Å². The van der Waals surface area contributed by atoms with E-state index >= 15 is 0 Å². The number of rotatable bonds is 5. The number of thiazole rings is 1. The van der Waals surface area contributed by atoms with E-state index in [-0.39, 0.29) is 0 Å². The van der Waals surface area contributed by atoms with Crippen molar-refractivity contribution in [3.63, 3.8) is 0 Å². The van der Waals surface area contributed by atoms with Crippen molar-refractivity contribution in [2.24, 2.45) is 0 Å². The van der Waals surface area contributed by atoms with Gasteiger partial charge in [0.05, 0.1) is 10.6 Å². The van der Waals surface area contributed by atoms with Gasteiger partial charge in [-0.3, -0.25) is 0 Å². The Hall–Kier alpha value is -1.21. The minimum absolute atomic E-state index is 0.881. The predicted octanol–water partition coefficient (Wildman–Crippen LogP) is 2.86. The summed E-state index contributed by atoms with van der Waals surface area (Å²) >= 11 is 3.24. The van der Waals surface area contributed by atoms with Crippen LogP contribution in [0.3, 0.4) is 0 Å². The van der Waals surface area contributed by atoms with Crippen molar-refractivity contribution in [2.75, 3.05) is 30.9 Å². The Labute approximate surface area is 115 Å². The third-order valence-corrected chi connectivity index (χ3v) is 4.67. The zero-order chi connectivity index (χ0) is 13.1. The van der Waals surface area contributed by atoms with Crippen LogP contribution in [0.4, 0.5) is 10.3 Å². The molecule has 0 bridgehead atoms. The second kappa shape index (κ2) is 5.62. The number of hydrogen-bond acceptors (Lipinski definition) is 7. The molecule has 0 unspecified atom stereocenters. The molecule has 0 spiro atoms. The van der Waals surface area contributed by atoms with Gasteiger partial charge in [0.1, 0.15) is 0 Å². The normalized spacial score (nSPS) is 10.7. The lowest BCUT2D eigenvalue weighted by Crippen LogP contribution is -2.07. The van der Waals surface area contributed by atoms with Gasteiger partial charge in [-0.25, -0.2) is 4.98 Å². The van der Waals surface area contributed by atoms with Crippen molar-refractivity contribution in [2.45, 2.75) is 20.3 Å². The SMILES string of the molecule is CCCNc1nnc(-c2sc(N(C)C)nc2C)s1. The topological polar surface area (TPSA) is 53.9 Å². The lowest BCUT2D eigenvalue weighted by Gasteiger charge is -2.04. The number of aryl methyl sites for hydroxylation is 1. The molecule has 5 nitrogen and oxygen atoms in total. The fourth-order valence-corrected chi connectivity index (χ4v) is 3.27. The Kier molecular flexibility index (Phi) is 4.13. The number of nitrogens with zero attached hydrogens (tertiary/aromatic N) is 4. The Bertz CT molecular complexity index is 517. The molecular weight excluding hydrogens is 266 g/mol. The summed E-state index contributed by atoms with van der Waals surface area (Å²) in [5.74, 6) is 0. The van der Waals surface area contributed by atoms with Gasteiger partial charge in [-0.15, -0.1) is 10.2 Å². The molecule has 0 saturated heterocycles. The van der Waals surface area contributed by atoms with E-state index in [0.717, 1.165) is 38.8 Å². The van der Waals surface area contributed by atoms with E-state index in [1.807, 2.05) is 25.9 Å². The Morgan fingerprint density at radius 2 is 2.00 bits per heavy atom. The number of nitrogens with one attached hydrogen (secondary N) is 1. The van der Waals surface area contributed by atoms with Crippen LogP contribution in [-0.2, 0) is 0 Å². The van der Waals surface area contributed by atoms with Crippen LogP contribution in [0.25, 0.3) is 9.88 Å². The summed E-state index contributed by atoms with van der Waals surface area (Å²) in [6.45, 7) is 5.07. The van der Waals surface area contributed by atoms with E-state index < -0.39 is 0 Å². The molecule has 7 heteroatoms. The highest BCUT2D eigenvalue weighted by atomic mass is 32.1. The van der Waals surface area contributed by atoms with Crippen molar-refractivity contribution in [3.05, 3.63) is 5.69 Å². The van der Waals surface area contributed by atoms with Gasteiger partial charge in [0.2, 0.25) is 5.13 Å². The van der Waals surface area contributed by atoms with Crippen LogP contribution < -0.4 is 10.2 Å². The minimum atomic E-state index is 0.881. The van der Waals surface area contributed by atoms with Crippen LogP contribution in [-0.4, -0.2) is 35.8 Å². The average molecular weight is 283 g/mol. The molecule has 0 aromatic carbocycles. The largest absolute Gasteiger partial charge is 0.360 e. The molecule has 0 radical (unpaired) electrons.